The van der Waals surface area contributed by atoms with E-state index in [1.54, 1.807) is 0 Å². The number of fused-ring (bicyclic) bond motifs is 1. The number of allylic oxidation sites excluding steroid dienone is 3. The summed E-state index contributed by atoms with van der Waals surface area (Å²) in [6.45, 7) is 1.26. The van der Waals surface area contributed by atoms with Crippen LogP contribution >= 0.6 is 0 Å². The highest BCUT2D eigenvalue weighted by molar-refractivity contribution is 5.30. The van der Waals surface area contributed by atoms with Crippen LogP contribution in [0, 0.1) is 11.8 Å². The number of nitrogens with zero attached hydrogens (tertiary/aromatic N) is 1. The molecule has 1 aromatic rings. The standard InChI is InChI=1S/C15H17NO/c17-16(10-12-5-2-1-3-6-12)11-14-8-4-7-13-9-15(13)14/h1-8,13,15,17H,9-11H2. The van der Waals surface area contributed by atoms with E-state index in [2.05, 4.69) is 18.2 Å². The van der Waals surface area contributed by atoms with E-state index in [0.717, 1.165) is 11.5 Å². The predicted octanol–water partition coefficient (Wildman–Crippen LogP) is 3.01. The molecule has 17 heavy (non-hydrogen) atoms. The lowest BCUT2D eigenvalue weighted by Gasteiger charge is -2.18. The fourth-order valence-electron chi connectivity index (χ4n) is 2.53. The quantitative estimate of drug-likeness (QED) is 0.799. The van der Waals surface area contributed by atoms with Gasteiger partial charge in [-0.15, -0.1) is 0 Å². The largest absolute Gasteiger partial charge is 0.313 e. The predicted molar refractivity (Wildman–Crippen MR) is 67.5 cm³/mol. The SMILES string of the molecule is ON(CC1=CC=CC2CC12)Cc1ccccc1. The van der Waals surface area contributed by atoms with Crippen LogP contribution < -0.4 is 0 Å². The van der Waals surface area contributed by atoms with Crippen LogP contribution in [-0.2, 0) is 6.54 Å². The summed E-state index contributed by atoms with van der Waals surface area (Å²) in [7, 11) is 0. The summed E-state index contributed by atoms with van der Waals surface area (Å²) in [6.07, 6.45) is 7.82. The monoisotopic (exact) mass is 227 g/mol. The van der Waals surface area contributed by atoms with Crippen molar-refractivity contribution < 1.29 is 5.21 Å². The molecule has 0 aromatic heterocycles. The lowest BCUT2D eigenvalue weighted by Crippen LogP contribution is -2.22. The molecule has 1 fully saturated rings. The molecule has 88 valence electrons. The van der Waals surface area contributed by atoms with Crippen LogP contribution in [-0.4, -0.2) is 16.8 Å². The average Bonchev–Trinajstić information content (AvgIpc) is 3.10. The Hall–Kier alpha value is -1.38. The molecule has 2 atom stereocenters. The summed E-state index contributed by atoms with van der Waals surface area (Å²) in [4.78, 5) is 0. The minimum absolute atomic E-state index is 0.597. The summed E-state index contributed by atoms with van der Waals surface area (Å²) in [6, 6.07) is 10.1. The minimum atomic E-state index is 0.597. The van der Waals surface area contributed by atoms with Crippen molar-refractivity contribution in [3.8, 4) is 0 Å². The number of benzene rings is 1. The third kappa shape index (κ3) is 2.48. The summed E-state index contributed by atoms with van der Waals surface area (Å²) in [5, 5.41) is 11.4. The fourth-order valence-corrected chi connectivity index (χ4v) is 2.53. The van der Waals surface area contributed by atoms with Crippen LogP contribution in [0.15, 0.2) is 54.1 Å². The van der Waals surface area contributed by atoms with Gasteiger partial charge < -0.3 is 5.21 Å². The van der Waals surface area contributed by atoms with Gasteiger partial charge in [0.1, 0.15) is 0 Å². The highest BCUT2D eigenvalue weighted by atomic mass is 16.5. The number of hydroxylamine groups is 2. The van der Waals surface area contributed by atoms with Gasteiger partial charge in [-0.2, -0.15) is 5.06 Å². The van der Waals surface area contributed by atoms with Crippen molar-refractivity contribution in [3.63, 3.8) is 0 Å². The maximum Gasteiger partial charge on any atom is 0.0492 e. The molecule has 1 N–H and O–H groups in total. The van der Waals surface area contributed by atoms with E-state index in [1.165, 1.54) is 17.1 Å². The van der Waals surface area contributed by atoms with Gasteiger partial charge in [0.15, 0.2) is 0 Å². The van der Waals surface area contributed by atoms with Crippen molar-refractivity contribution in [2.24, 2.45) is 11.8 Å². The minimum Gasteiger partial charge on any atom is -0.313 e. The third-order valence-corrected chi connectivity index (χ3v) is 3.56. The Morgan fingerprint density at radius 1 is 1.18 bits per heavy atom. The summed E-state index contributed by atoms with van der Waals surface area (Å²) in [5.74, 6) is 1.45. The van der Waals surface area contributed by atoms with Gasteiger partial charge in [-0.05, 0) is 23.8 Å². The number of rotatable bonds is 4. The van der Waals surface area contributed by atoms with E-state index < -0.39 is 0 Å². The first-order chi connectivity index (χ1) is 8.33. The van der Waals surface area contributed by atoms with Gasteiger partial charge in [-0.3, -0.25) is 0 Å². The van der Waals surface area contributed by atoms with Gasteiger partial charge in [0.05, 0.1) is 0 Å². The van der Waals surface area contributed by atoms with Gasteiger partial charge in [0, 0.05) is 13.1 Å². The van der Waals surface area contributed by atoms with E-state index in [1.807, 2.05) is 30.3 Å². The molecule has 2 nitrogen and oxygen atoms in total. The molecule has 0 bridgehead atoms. The van der Waals surface area contributed by atoms with Crippen LogP contribution in [0.4, 0.5) is 0 Å². The van der Waals surface area contributed by atoms with Crippen molar-refractivity contribution in [2.75, 3.05) is 6.54 Å². The van der Waals surface area contributed by atoms with E-state index in [9.17, 15) is 5.21 Å². The first kappa shape index (κ1) is 10.8. The molecule has 2 aliphatic carbocycles. The molecule has 0 amide bonds. The molecule has 0 aliphatic heterocycles. The molecule has 2 unspecified atom stereocenters. The van der Waals surface area contributed by atoms with Gasteiger partial charge in [-0.25, -0.2) is 0 Å². The van der Waals surface area contributed by atoms with Gasteiger partial charge in [0.2, 0.25) is 0 Å². The van der Waals surface area contributed by atoms with Crippen LogP contribution in [0.1, 0.15) is 12.0 Å². The maximum absolute atomic E-state index is 9.96. The molecule has 0 spiro atoms. The van der Waals surface area contributed by atoms with Crippen molar-refractivity contribution in [2.45, 2.75) is 13.0 Å². The van der Waals surface area contributed by atoms with Crippen LogP contribution in [0.2, 0.25) is 0 Å². The Bertz CT molecular complexity index is 449. The maximum atomic E-state index is 9.96. The van der Waals surface area contributed by atoms with Crippen molar-refractivity contribution in [1.29, 1.82) is 0 Å². The second kappa shape index (κ2) is 4.47. The third-order valence-electron chi connectivity index (χ3n) is 3.56. The van der Waals surface area contributed by atoms with E-state index in [-0.39, 0.29) is 0 Å². The Balaban J connectivity index is 1.59. The first-order valence-electron chi connectivity index (χ1n) is 6.18. The van der Waals surface area contributed by atoms with Crippen molar-refractivity contribution in [1.82, 2.24) is 5.06 Å². The van der Waals surface area contributed by atoms with Crippen LogP contribution in [0.3, 0.4) is 0 Å². The van der Waals surface area contributed by atoms with E-state index >= 15 is 0 Å². The summed E-state index contributed by atoms with van der Waals surface area (Å²) < 4.78 is 0. The number of hydrogen-bond acceptors (Lipinski definition) is 2. The Morgan fingerprint density at radius 3 is 2.82 bits per heavy atom. The normalized spacial score (nSPS) is 25.6. The topological polar surface area (TPSA) is 23.5 Å². The molecule has 0 saturated heterocycles. The molecule has 1 saturated carbocycles. The smallest absolute Gasteiger partial charge is 0.0492 e. The van der Waals surface area contributed by atoms with Crippen molar-refractivity contribution >= 4 is 0 Å². The van der Waals surface area contributed by atoms with Gasteiger partial charge in [-0.1, -0.05) is 54.1 Å². The molecular formula is C15H17NO. The average molecular weight is 227 g/mol. The van der Waals surface area contributed by atoms with Crippen molar-refractivity contribution in [3.05, 3.63) is 59.7 Å². The van der Waals surface area contributed by atoms with E-state index in [0.29, 0.717) is 19.0 Å². The van der Waals surface area contributed by atoms with Gasteiger partial charge >= 0.3 is 0 Å². The molecular weight excluding hydrogens is 210 g/mol. The first-order valence-corrected chi connectivity index (χ1v) is 6.18. The highest BCUT2D eigenvalue weighted by Crippen LogP contribution is 2.47. The lowest BCUT2D eigenvalue weighted by atomic mass is 10.0. The van der Waals surface area contributed by atoms with E-state index in [4.69, 9.17) is 0 Å². The zero-order chi connectivity index (χ0) is 11.7. The second-order valence-corrected chi connectivity index (χ2v) is 4.94. The molecule has 0 radical (unpaired) electrons. The zero-order valence-corrected chi connectivity index (χ0v) is 9.79. The second-order valence-electron chi connectivity index (χ2n) is 4.94. The molecule has 2 aliphatic rings. The Morgan fingerprint density at radius 2 is 2.00 bits per heavy atom. The van der Waals surface area contributed by atoms with Gasteiger partial charge in [0.25, 0.3) is 0 Å². The molecule has 3 rings (SSSR count). The summed E-state index contributed by atoms with van der Waals surface area (Å²) >= 11 is 0. The zero-order valence-electron chi connectivity index (χ0n) is 9.79. The van der Waals surface area contributed by atoms with Crippen LogP contribution in [0.25, 0.3) is 0 Å². The highest BCUT2D eigenvalue weighted by Gasteiger charge is 2.39. The molecule has 1 aromatic carbocycles. The number of hydrogen-bond donors (Lipinski definition) is 1. The molecule has 2 heteroatoms. The molecule has 0 heterocycles. The Labute approximate surface area is 102 Å². The fraction of sp³-hybridized carbons (Fsp3) is 0.333. The van der Waals surface area contributed by atoms with Crippen LogP contribution in [0.5, 0.6) is 0 Å². The lowest BCUT2D eigenvalue weighted by molar-refractivity contribution is -0.0918. The summed E-state index contributed by atoms with van der Waals surface area (Å²) in [5.41, 5.74) is 2.52. The Kier molecular flexibility index (Phi) is 2.83.